The minimum absolute atomic E-state index is 0.0272. The predicted molar refractivity (Wildman–Crippen MR) is 119 cm³/mol. The molecule has 1 saturated carbocycles. The maximum Gasteiger partial charge on any atom is 0.296 e. The Kier molecular flexibility index (Phi) is 8.70. The molecular weight excluding hydrogens is 416 g/mol. The maximum atomic E-state index is 12.3. The van der Waals surface area contributed by atoms with Gasteiger partial charge in [0, 0.05) is 12.3 Å². The van der Waals surface area contributed by atoms with Gasteiger partial charge in [0.2, 0.25) is 0 Å². The van der Waals surface area contributed by atoms with Crippen molar-refractivity contribution >= 4 is 10.1 Å². The Morgan fingerprint density at radius 2 is 1.97 bits per heavy atom. The van der Waals surface area contributed by atoms with Crippen molar-refractivity contribution in [2.45, 2.75) is 88.1 Å². The average Bonchev–Trinajstić information content (AvgIpc) is 3.23. The van der Waals surface area contributed by atoms with Crippen LogP contribution in [0.4, 0.5) is 0 Å². The molecule has 0 bridgehead atoms. The smallest absolute Gasteiger partial charge is 0.296 e. The molecule has 31 heavy (non-hydrogen) atoms. The van der Waals surface area contributed by atoms with Crippen LogP contribution in [0.5, 0.6) is 0 Å². The molecule has 174 valence electrons. The molecule has 6 nitrogen and oxygen atoms in total. The zero-order valence-corrected chi connectivity index (χ0v) is 19.3. The molecule has 0 radical (unpaired) electrons. The lowest BCUT2D eigenvalue weighted by atomic mass is 9.89. The zero-order valence-electron chi connectivity index (χ0n) is 18.5. The molecule has 1 aromatic carbocycles. The topological polar surface area (TPSA) is 93.1 Å². The van der Waals surface area contributed by atoms with Gasteiger partial charge in [-0.2, -0.15) is 8.42 Å². The maximum absolute atomic E-state index is 12.3. The van der Waals surface area contributed by atoms with E-state index in [4.69, 9.17) is 8.92 Å². The third-order valence-electron chi connectivity index (χ3n) is 6.44. The Morgan fingerprint density at radius 1 is 1.23 bits per heavy atom. The fraction of sp³-hybridized carbons (Fsp3) is 0.667. The van der Waals surface area contributed by atoms with Gasteiger partial charge in [-0.05, 0) is 44.2 Å². The fourth-order valence-corrected chi connectivity index (χ4v) is 5.57. The Balaban J connectivity index is 1.47. The first-order chi connectivity index (χ1) is 14.8. The van der Waals surface area contributed by atoms with Crippen molar-refractivity contribution < 1.29 is 27.6 Å². The van der Waals surface area contributed by atoms with E-state index >= 15 is 0 Å². The van der Waals surface area contributed by atoms with E-state index in [0.717, 1.165) is 37.7 Å². The van der Waals surface area contributed by atoms with Gasteiger partial charge in [-0.3, -0.25) is 4.18 Å². The van der Waals surface area contributed by atoms with Crippen LogP contribution in [0.25, 0.3) is 0 Å². The van der Waals surface area contributed by atoms with Gasteiger partial charge >= 0.3 is 0 Å². The third-order valence-corrected chi connectivity index (χ3v) is 7.77. The van der Waals surface area contributed by atoms with Crippen LogP contribution in [-0.4, -0.2) is 49.7 Å². The van der Waals surface area contributed by atoms with Crippen LogP contribution in [-0.2, 0) is 19.0 Å². The van der Waals surface area contributed by atoms with E-state index < -0.39 is 22.3 Å². The molecule has 2 N–H and O–H groups in total. The Bertz CT molecular complexity index is 819. The summed E-state index contributed by atoms with van der Waals surface area (Å²) in [7, 11) is -3.77. The first-order valence-corrected chi connectivity index (χ1v) is 12.9. The van der Waals surface area contributed by atoms with Crippen molar-refractivity contribution in [1.29, 1.82) is 0 Å². The molecule has 3 rings (SSSR count). The molecular formula is C24H36O6S. The van der Waals surface area contributed by atoms with Crippen LogP contribution < -0.4 is 0 Å². The molecule has 2 fully saturated rings. The van der Waals surface area contributed by atoms with Crippen molar-refractivity contribution in [1.82, 2.24) is 0 Å². The highest BCUT2D eigenvalue weighted by molar-refractivity contribution is 7.86. The molecule has 1 aliphatic carbocycles. The molecule has 2 aliphatic rings. The predicted octanol–water partition coefficient (Wildman–Crippen LogP) is 3.74. The number of hydrogen-bond donors (Lipinski definition) is 2. The highest BCUT2D eigenvalue weighted by Gasteiger charge is 2.47. The van der Waals surface area contributed by atoms with E-state index in [0.29, 0.717) is 12.8 Å². The van der Waals surface area contributed by atoms with Crippen LogP contribution in [0, 0.1) is 18.8 Å². The summed E-state index contributed by atoms with van der Waals surface area (Å²) < 4.78 is 35.9. The van der Waals surface area contributed by atoms with Crippen molar-refractivity contribution in [3.8, 4) is 0 Å². The molecule has 1 aliphatic heterocycles. The number of hydrogen-bond acceptors (Lipinski definition) is 6. The summed E-state index contributed by atoms with van der Waals surface area (Å²) in [5.74, 6) is 0.154. The average molecular weight is 453 g/mol. The summed E-state index contributed by atoms with van der Waals surface area (Å²) in [6, 6.07) is 6.60. The van der Waals surface area contributed by atoms with Crippen molar-refractivity contribution in [3.63, 3.8) is 0 Å². The van der Waals surface area contributed by atoms with Gasteiger partial charge < -0.3 is 14.9 Å². The number of aryl methyl sites for hydroxylation is 1. The van der Waals surface area contributed by atoms with Crippen LogP contribution in [0.2, 0.25) is 0 Å². The number of unbranched alkanes of at least 4 members (excludes halogenated alkanes) is 2. The summed E-state index contributed by atoms with van der Waals surface area (Å²) >= 11 is 0. The van der Waals surface area contributed by atoms with E-state index in [1.807, 2.05) is 19.1 Å². The van der Waals surface area contributed by atoms with E-state index in [9.17, 15) is 18.6 Å². The number of ether oxygens (including phenoxy) is 1. The molecule has 7 heteroatoms. The van der Waals surface area contributed by atoms with Gasteiger partial charge in [0.05, 0.1) is 35.9 Å². The highest BCUT2D eigenvalue weighted by Crippen LogP contribution is 2.44. The molecule has 5 unspecified atom stereocenters. The van der Waals surface area contributed by atoms with Gasteiger partial charge in [0.15, 0.2) is 0 Å². The molecule has 1 saturated heterocycles. The second-order valence-corrected chi connectivity index (χ2v) is 10.5. The molecule has 0 amide bonds. The molecule has 1 heterocycles. The van der Waals surface area contributed by atoms with E-state index in [-0.39, 0.29) is 35.5 Å². The number of rotatable bonds is 11. The number of aliphatic hydroxyl groups is 2. The second kappa shape index (κ2) is 11.1. The first kappa shape index (κ1) is 24.4. The summed E-state index contributed by atoms with van der Waals surface area (Å²) in [6.07, 6.45) is 8.52. The minimum atomic E-state index is -3.77. The number of aliphatic hydroxyl groups excluding tert-OH is 2. The van der Waals surface area contributed by atoms with E-state index in [1.165, 1.54) is 0 Å². The normalized spacial score (nSPS) is 29.5. The summed E-state index contributed by atoms with van der Waals surface area (Å²) in [4.78, 5) is 0.160. The van der Waals surface area contributed by atoms with Crippen LogP contribution in [0.15, 0.2) is 41.3 Å². The Hall–Kier alpha value is -1.25. The van der Waals surface area contributed by atoms with Gasteiger partial charge in [0.1, 0.15) is 0 Å². The van der Waals surface area contributed by atoms with Gasteiger partial charge in [-0.1, -0.05) is 56.0 Å². The molecule has 0 spiro atoms. The lowest BCUT2D eigenvalue weighted by Crippen LogP contribution is -2.20. The number of benzene rings is 1. The van der Waals surface area contributed by atoms with Crippen molar-refractivity contribution in [3.05, 3.63) is 42.0 Å². The lowest BCUT2D eigenvalue weighted by molar-refractivity contribution is 0.0189. The second-order valence-electron chi connectivity index (χ2n) is 8.90. The van der Waals surface area contributed by atoms with Gasteiger partial charge in [-0.25, -0.2) is 0 Å². The standard InChI is InChI=1S/C24H36O6S/c1-3-4-5-6-18(25)9-12-21-22-15-19(30-24(22)16-23(21)26)13-14-29-31(27,28)20-10-7-17(2)8-11-20/h7-12,18-19,21-26H,3-6,13-16H2,1-2H3/t18-,19?,21?,22?,23?,24?/m0/s1. The molecule has 0 aromatic heterocycles. The molecule has 6 atom stereocenters. The Morgan fingerprint density at radius 3 is 2.68 bits per heavy atom. The fourth-order valence-electron chi connectivity index (χ4n) is 4.65. The summed E-state index contributed by atoms with van der Waals surface area (Å²) in [5, 5.41) is 20.6. The summed E-state index contributed by atoms with van der Waals surface area (Å²) in [6.45, 7) is 4.11. The Labute approximate surface area is 186 Å². The lowest BCUT2D eigenvalue weighted by Gasteiger charge is -2.18. The van der Waals surface area contributed by atoms with Crippen molar-refractivity contribution in [2.24, 2.45) is 11.8 Å². The van der Waals surface area contributed by atoms with Crippen LogP contribution >= 0.6 is 0 Å². The van der Waals surface area contributed by atoms with E-state index in [1.54, 1.807) is 24.3 Å². The van der Waals surface area contributed by atoms with Gasteiger partial charge in [0.25, 0.3) is 10.1 Å². The zero-order chi connectivity index (χ0) is 22.4. The van der Waals surface area contributed by atoms with Crippen molar-refractivity contribution in [2.75, 3.05) is 6.61 Å². The third kappa shape index (κ3) is 6.62. The SMILES string of the molecule is CCCCC[C@H](O)C=CC1C(O)CC2OC(CCOS(=O)(=O)c3ccc(C)cc3)CC21. The minimum Gasteiger partial charge on any atom is -0.392 e. The quantitative estimate of drug-likeness (QED) is 0.302. The summed E-state index contributed by atoms with van der Waals surface area (Å²) in [5.41, 5.74) is 0.990. The number of fused-ring (bicyclic) bond motifs is 1. The first-order valence-electron chi connectivity index (χ1n) is 11.5. The highest BCUT2D eigenvalue weighted by atomic mass is 32.2. The van der Waals surface area contributed by atoms with Gasteiger partial charge in [-0.15, -0.1) is 0 Å². The molecule has 1 aromatic rings. The van der Waals surface area contributed by atoms with Crippen LogP contribution in [0.3, 0.4) is 0 Å². The van der Waals surface area contributed by atoms with E-state index in [2.05, 4.69) is 6.92 Å². The largest absolute Gasteiger partial charge is 0.392 e. The van der Waals surface area contributed by atoms with Crippen LogP contribution in [0.1, 0.15) is 57.4 Å². The monoisotopic (exact) mass is 452 g/mol.